The van der Waals surface area contributed by atoms with Gasteiger partial charge in [-0.3, -0.25) is 0 Å². The third-order valence-electron chi connectivity index (χ3n) is 2.31. The third-order valence-corrected chi connectivity index (χ3v) is 3.29. The molecule has 102 valence electrons. The molecule has 0 aliphatic carbocycles. The Kier molecular flexibility index (Phi) is 5.25. The quantitative estimate of drug-likeness (QED) is 0.750. The van der Waals surface area contributed by atoms with Gasteiger partial charge in [-0.15, -0.1) is 0 Å². The molecule has 18 heavy (non-hydrogen) atoms. The number of methoxy groups -OCH3 is 3. The smallest absolute Gasteiger partial charge is 0.236 e. The molecule has 1 aromatic rings. The Morgan fingerprint density at radius 3 is 2.06 bits per heavy atom. The summed E-state index contributed by atoms with van der Waals surface area (Å²) in [7, 11) is 6.12. The van der Waals surface area contributed by atoms with Crippen molar-refractivity contribution in [1.29, 1.82) is 0 Å². The molecule has 0 fully saturated rings. The highest BCUT2D eigenvalue weighted by Gasteiger charge is 2.16. The maximum absolute atomic E-state index is 11.1. The average molecular weight is 295 g/mol. The fourth-order valence-electron chi connectivity index (χ4n) is 1.60. The predicted octanol–water partition coefficient (Wildman–Crippen LogP) is 1.92. The van der Waals surface area contributed by atoms with E-state index in [9.17, 15) is 8.42 Å². The third kappa shape index (κ3) is 4.04. The van der Waals surface area contributed by atoms with Crippen LogP contribution in [0.1, 0.15) is 11.1 Å². The van der Waals surface area contributed by atoms with E-state index in [2.05, 4.69) is 0 Å². The number of hydrogen-bond acceptors (Lipinski definition) is 5. The second-order valence-corrected chi connectivity index (χ2v) is 6.37. The number of halogens is 1. The molecule has 0 aliphatic rings. The van der Waals surface area contributed by atoms with E-state index in [0.717, 1.165) is 5.56 Å². The van der Waals surface area contributed by atoms with Crippen molar-refractivity contribution in [3.8, 4) is 11.5 Å². The zero-order chi connectivity index (χ0) is 13.8. The minimum atomic E-state index is -3.65. The maximum Gasteiger partial charge on any atom is 0.236 e. The van der Waals surface area contributed by atoms with E-state index in [4.69, 9.17) is 24.9 Å². The van der Waals surface area contributed by atoms with E-state index >= 15 is 0 Å². The zero-order valence-corrected chi connectivity index (χ0v) is 12.0. The minimum Gasteiger partial charge on any atom is -0.496 e. The summed E-state index contributed by atoms with van der Waals surface area (Å²) in [6, 6.07) is 3.27. The highest BCUT2D eigenvalue weighted by Crippen LogP contribution is 2.31. The van der Waals surface area contributed by atoms with Crippen molar-refractivity contribution in [2.75, 3.05) is 21.3 Å². The fourth-order valence-corrected chi connectivity index (χ4v) is 2.55. The zero-order valence-electron chi connectivity index (χ0n) is 10.4. The van der Waals surface area contributed by atoms with Gasteiger partial charge in [0.25, 0.3) is 0 Å². The predicted molar refractivity (Wildman–Crippen MR) is 68.7 cm³/mol. The van der Waals surface area contributed by atoms with E-state index in [1.54, 1.807) is 19.2 Å². The number of rotatable bonds is 6. The van der Waals surface area contributed by atoms with Crippen LogP contribution in [0.25, 0.3) is 0 Å². The van der Waals surface area contributed by atoms with Crippen LogP contribution in [0.4, 0.5) is 0 Å². The molecule has 0 heterocycles. The lowest BCUT2D eigenvalue weighted by Gasteiger charge is -2.13. The van der Waals surface area contributed by atoms with Gasteiger partial charge >= 0.3 is 0 Å². The number of ether oxygens (including phenoxy) is 3. The molecule has 0 bridgehead atoms. The van der Waals surface area contributed by atoms with E-state index in [1.807, 2.05) is 0 Å². The van der Waals surface area contributed by atoms with Crippen molar-refractivity contribution in [2.45, 2.75) is 12.4 Å². The summed E-state index contributed by atoms with van der Waals surface area (Å²) < 4.78 is 37.6. The van der Waals surface area contributed by atoms with Gasteiger partial charge in [-0.25, -0.2) is 8.42 Å². The molecule has 0 N–H and O–H groups in total. The van der Waals surface area contributed by atoms with E-state index in [0.29, 0.717) is 23.7 Å². The van der Waals surface area contributed by atoms with Crippen LogP contribution >= 0.6 is 10.7 Å². The lowest BCUT2D eigenvalue weighted by Crippen LogP contribution is -2.02. The molecule has 1 rings (SSSR count). The van der Waals surface area contributed by atoms with E-state index in [1.165, 1.54) is 14.2 Å². The molecule has 0 saturated carbocycles. The van der Waals surface area contributed by atoms with Crippen LogP contribution in [0.5, 0.6) is 11.5 Å². The van der Waals surface area contributed by atoms with Crippen LogP contribution in [-0.4, -0.2) is 29.7 Å². The van der Waals surface area contributed by atoms with Crippen LogP contribution in [0.3, 0.4) is 0 Å². The summed E-state index contributed by atoms with van der Waals surface area (Å²) in [6.45, 7) is 0.308. The van der Waals surface area contributed by atoms with Crippen LogP contribution < -0.4 is 9.47 Å². The first kappa shape index (κ1) is 15.1. The largest absolute Gasteiger partial charge is 0.496 e. The van der Waals surface area contributed by atoms with E-state index < -0.39 is 9.05 Å². The molecule has 0 saturated heterocycles. The van der Waals surface area contributed by atoms with Gasteiger partial charge < -0.3 is 14.2 Å². The Morgan fingerprint density at radius 1 is 1.06 bits per heavy atom. The molecular weight excluding hydrogens is 280 g/mol. The van der Waals surface area contributed by atoms with Gasteiger partial charge in [-0.05, 0) is 6.07 Å². The molecule has 0 radical (unpaired) electrons. The van der Waals surface area contributed by atoms with Crippen molar-refractivity contribution < 1.29 is 22.6 Å². The molecule has 5 nitrogen and oxygen atoms in total. The Morgan fingerprint density at radius 2 is 1.61 bits per heavy atom. The Labute approximate surface area is 111 Å². The number of hydrogen-bond donors (Lipinski definition) is 0. The van der Waals surface area contributed by atoms with Crippen LogP contribution in [-0.2, 0) is 26.1 Å². The molecule has 0 aliphatic heterocycles. The van der Waals surface area contributed by atoms with E-state index in [-0.39, 0.29) is 5.75 Å². The Bertz CT molecular complexity index is 512. The molecule has 0 unspecified atom stereocenters. The van der Waals surface area contributed by atoms with Gasteiger partial charge in [-0.2, -0.15) is 0 Å². The second kappa shape index (κ2) is 6.26. The highest BCUT2D eigenvalue weighted by atomic mass is 35.7. The monoisotopic (exact) mass is 294 g/mol. The topological polar surface area (TPSA) is 61.8 Å². The van der Waals surface area contributed by atoms with Gasteiger partial charge in [0, 0.05) is 35.0 Å². The average Bonchev–Trinajstić information content (AvgIpc) is 2.28. The molecule has 1 aromatic carbocycles. The van der Waals surface area contributed by atoms with Crippen molar-refractivity contribution in [3.63, 3.8) is 0 Å². The van der Waals surface area contributed by atoms with Crippen LogP contribution in [0, 0.1) is 0 Å². The van der Waals surface area contributed by atoms with Crippen molar-refractivity contribution in [1.82, 2.24) is 0 Å². The molecule has 7 heteroatoms. The van der Waals surface area contributed by atoms with Gasteiger partial charge in [-0.1, -0.05) is 0 Å². The normalized spacial score (nSPS) is 11.3. The SMILES string of the molecule is COCc1cc(CS(=O)(=O)Cl)c(OC)cc1OC. The summed E-state index contributed by atoms with van der Waals surface area (Å²) in [5.41, 5.74) is 1.21. The maximum atomic E-state index is 11.1. The first-order valence-electron chi connectivity index (χ1n) is 5.06. The molecular formula is C11H15ClO5S. The van der Waals surface area contributed by atoms with Crippen molar-refractivity contribution >= 4 is 19.7 Å². The standard InChI is InChI=1S/C11H15ClO5S/c1-15-6-8-4-9(7-18(12,13)14)11(17-3)5-10(8)16-2/h4-5H,6-7H2,1-3H3. The summed E-state index contributed by atoms with van der Waals surface area (Å²) in [5.74, 6) is 0.679. The first-order valence-corrected chi connectivity index (χ1v) is 7.54. The number of benzene rings is 1. The summed E-state index contributed by atoms with van der Waals surface area (Å²) in [6.07, 6.45) is 0. The lowest BCUT2D eigenvalue weighted by molar-refractivity contribution is 0.181. The summed E-state index contributed by atoms with van der Waals surface area (Å²) in [4.78, 5) is 0. The second-order valence-electron chi connectivity index (χ2n) is 3.59. The lowest BCUT2D eigenvalue weighted by atomic mass is 10.1. The molecule has 0 atom stereocenters. The van der Waals surface area contributed by atoms with Crippen LogP contribution in [0.2, 0.25) is 0 Å². The minimum absolute atomic E-state index is 0.307. The van der Waals surface area contributed by atoms with Gasteiger partial charge in [0.05, 0.1) is 26.6 Å². The summed E-state index contributed by atoms with van der Waals surface area (Å²) in [5, 5.41) is 0. The fraction of sp³-hybridized carbons (Fsp3) is 0.455. The first-order chi connectivity index (χ1) is 8.41. The molecule has 0 amide bonds. The molecule has 0 spiro atoms. The molecule has 0 aromatic heterocycles. The van der Waals surface area contributed by atoms with Crippen LogP contribution in [0.15, 0.2) is 12.1 Å². The Balaban J connectivity index is 3.26. The van der Waals surface area contributed by atoms with Crippen molar-refractivity contribution in [2.24, 2.45) is 0 Å². The summed E-state index contributed by atoms with van der Waals surface area (Å²) >= 11 is 0. The van der Waals surface area contributed by atoms with Gasteiger partial charge in [0.15, 0.2) is 0 Å². The van der Waals surface area contributed by atoms with Gasteiger partial charge in [0.1, 0.15) is 11.5 Å². The Hall–Kier alpha value is -0.980. The van der Waals surface area contributed by atoms with Crippen molar-refractivity contribution in [3.05, 3.63) is 23.3 Å². The van der Waals surface area contributed by atoms with Gasteiger partial charge in [0.2, 0.25) is 9.05 Å². The highest BCUT2D eigenvalue weighted by molar-refractivity contribution is 8.13.